The molecular formula is C8H14F3NO2. The zero-order valence-electron chi connectivity index (χ0n) is 8.11. The molecular weight excluding hydrogens is 199 g/mol. The molecule has 0 fully saturated rings. The second-order valence-electron chi connectivity index (χ2n) is 3.58. The van der Waals surface area contributed by atoms with Crippen LogP contribution in [0.25, 0.3) is 0 Å². The molecule has 0 amide bonds. The number of hydrogen-bond donors (Lipinski definition) is 2. The number of carboxylic acids is 1. The topological polar surface area (TPSA) is 49.3 Å². The van der Waals surface area contributed by atoms with Gasteiger partial charge in [-0.15, -0.1) is 0 Å². The molecule has 0 aliphatic carbocycles. The summed E-state index contributed by atoms with van der Waals surface area (Å²) in [5, 5.41) is 11.1. The predicted octanol–water partition coefficient (Wildman–Crippen LogP) is 1.78. The zero-order valence-corrected chi connectivity index (χ0v) is 8.11. The molecule has 3 nitrogen and oxygen atoms in total. The van der Waals surface area contributed by atoms with Crippen molar-refractivity contribution >= 4 is 5.97 Å². The van der Waals surface area contributed by atoms with Gasteiger partial charge >= 0.3 is 12.1 Å². The number of halogens is 3. The Balaban J connectivity index is 3.70. The molecule has 14 heavy (non-hydrogen) atoms. The summed E-state index contributed by atoms with van der Waals surface area (Å²) in [4.78, 5) is 10.5. The Hall–Kier alpha value is -0.780. The van der Waals surface area contributed by atoms with E-state index in [1.807, 2.05) is 0 Å². The van der Waals surface area contributed by atoms with Gasteiger partial charge in [0.2, 0.25) is 0 Å². The van der Waals surface area contributed by atoms with Crippen LogP contribution in [0.1, 0.15) is 26.7 Å². The molecule has 2 N–H and O–H groups in total. The lowest BCUT2D eigenvalue weighted by molar-refractivity contribution is -0.143. The average Bonchev–Trinajstić information content (AvgIpc) is 1.96. The highest BCUT2D eigenvalue weighted by molar-refractivity contribution is 5.77. The SMILES string of the molecule is CC(C)(NCCCC(F)(F)F)C(=O)O. The molecule has 0 aliphatic rings. The number of carbonyl (C=O) groups is 1. The third kappa shape index (κ3) is 5.80. The van der Waals surface area contributed by atoms with Crippen LogP contribution in [0.2, 0.25) is 0 Å². The van der Waals surface area contributed by atoms with Crippen molar-refractivity contribution in [1.29, 1.82) is 0 Å². The van der Waals surface area contributed by atoms with Crippen LogP contribution in [0.5, 0.6) is 0 Å². The summed E-state index contributed by atoms with van der Waals surface area (Å²) in [6.07, 6.45) is -5.18. The second kappa shape index (κ2) is 4.63. The molecule has 0 bridgehead atoms. The smallest absolute Gasteiger partial charge is 0.389 e. The van der Waals surface area contributed by atoms with Crippen LogP contribution in [0, 0.1) is 0 Å². The van der Waals surface area contributed by atoms with Crippen LogP contribution < -0.4 is 5.32 Å². The first-order valence-corrected chi connectivity index (χ1v) is 4.20. The number of rotatable bonds is 5. The first kappa shape index (κ1) is 13.2. The maximum Gasteiger partial charge on any atom is 0.389 e. The number of nitrogens with one attached hydrogen (secondary N) is 1. The summed E-state index contributed by atoms with van der Waals surface area (Å²) in [6.45, 7) is 2.85. The van der Waals surface area contributed by atoms with Crippen LogP contribution in [0.3, 0.4) is 0 Å². The van der Waals surface area contributed by atoms with Crippen LogP contribution in [0.15, 0.2) is 0 Å². The molecule has 0 atom stereocenters. The van der Waals surface area contributed by atoms with E-state index in [1.165, 1.54) is 13.8 Å². The fourth-order valence-electron chi connectivity index (χ4n) is 0.765. The van der Waals surface area contributed by atoms with Crippen LogP contribution in [-0.2, 0) is 4.79 Å². The Morgan fingerprint density at radius 2 is 1.86 bits per heavy atom. The summed E-state index contributed by atoms with van der Waals surface area (Å²) in [5.41, 5.74) is -1.18. The van der Waals surface area contributed by atoms with Crippen molar-refractivity contribution in [3.63, 3.8) is 0 Å². The minimum atomic E-state index is -4.17. The van der Waals surface area contributed by atoms with Crippen LogP contribution in [-0.4, -0.2) is 29.3 Å². The van der Waals surface area contributed by atoms with Crippen LogP contribution in [0.4, 0.5) is 13.2 Å². The summed E-state index contributed by atoms with van der Waals surface area (Å²) < 4.78 is 35.1. The Morgan fingerprint density at radius 3 is 2.21 bits per heavy atom. The summed E-state index contributed by atoms with van der Waals surface area (Å²) >= 11 is 0. The van der Waals surface area contributed by atoms with E-state index in [1.54, 1.807) is 0 Å². The Morgan fingerprint density at radius 1 is 1.36 bits per heavy atom. The van der Waals surface area contributed by atoms with Gasteiger partial charge in [0.15, 0.2) is 0 Å². The van der Waals surface area contributed by atoms with Crippen molar-refractivity contribution in [3.05, 3.63) is 0 Å². The molecule has 0 aromatic rings. The van der Waals surface area contributed by atoms with E-state index in [2.05, 4.69) is 5.32 Å². The quantitative estimate of drug-likeness (QED) is 0.684. The number of aliphatic carboxylic acids is 1. The van der Waals surface area contributed by atoms with Gasteiger partial charge in [-0.25, -0.2) is 0 Å². The zero-order chi connectivity index (χ0) is 11.4. The molecule has 0 radical (unpaired) electrons. The summed E-state index contributed by atoms with van der Waals surface area (Å²) in [7, 11) is 0. The van der Waals surface area contributed by atoms with Gasteiger partial charge in [0.1, 0.15) is 5.54 Å². The van der Waals surface area contributed by atoms with Gasteiger partial charge in [0.25, 0.3) is 0 Å². The molecule has 0 aromatic carbocycles. The molecule has 0 spiro atoms. The highest BCUT2D eigenvalue weighted by Gasteiger charge is 2.28. The van der Waals surface area contributed by atoms with Crippen molar-refractivity contribution in [2.24, 2.45) is 0 Å². The van der Waals surface area contributed by atoms with E-state index in [-0.39, 0.29) is 13.0 Å². The highest BCUT2D eigenvalue weighted by atomic mass is 19.4. The normalized spacial score (nSPS) is 12.9. The van der Waals surface area contributed by atoms with Gasteiger partial charge in [-0.1, -0.05) is 0 Å². The Bertz CT molecular complexity index is 201. The maximum absolute atomic E-state index is 11.7. The number of hydrogen-bond acceptors (Lipinski definition) is 2. The van der Waals surface area contributed by atoms with E-state index in [4.69, 9.17) is 5.11 Å². The van der Waals surface area contributed by atoms with Crippen molar-refractivity contribution in [2.45, 2.75) is 38.4 Å². The van der Waals surface area contributed by atoms with Gasteiger partial charge in [0.05, 0.1) is 0 Å². The van der Waals surface area contributed by atoms with Gasteiger partial charge < -0.3 is 10.4 Å². The first-order valence-electron chi connectivity index (χ1n) is 4.20. The third-order valence-electron chi connectivity index (χ3n) is 1.74. The van der Waals surface area contributed by atoms with Gasteiger partial charge in [-0.3, -0.25) is 4.79 Å². The fraction of sp³-hybridized carbons (Fsp3) is 0.875. The lowest BCUT2D eigenvalue weighted by Gasteiger charge is -2.21. The Kier molecular flexibility index (Phi) is 4.38. The lowest BCUT2D eigenvalue weighted by Crippen LogP contribution is -2.47. The van der Waals surface area contributed by atoms with E-state index < -0.39 is 24.1 Å². The van der Waals surface area contributed by atoms with Gasteiger partial charge in [0, 0.05) is 6.42 Å². The summed E-state index contributed by atoms with van der Waals surface area (Å²) in [6, 6.07) is 0. The average molecular weight is 213 g/mol. The van der Waals surface area contributed by atoms with E-state index in [9.17, 15) is 18.0 Å². The lowest BCUT2D eigenvalue weighted by atomic mass is 10.1. The fourth-order valence-corrected chi connectivity index (χ4v) is 0.765. The monoisotopic (exact) mass is 213 g/mol. The standard InChI is InChI=1S/C8H14F3NO2/c1-7(2,6(13)14)12-5-3-4-8(9,10)11/h12H,3-5H2,1-2H3,(H,13,14). The van der Waals surface area contributed by atoms with Crippen molar-refractivity contribution < 1.29 is 23.1 Å². The van der Waals surface area contributed by atoms with Gasteiger partial charge in [-0.05, 0) is 26.8 Å². The molecule has 84 valence electrons. The van der Waals surface area contributed by atoms with Crippen molar-refractivity contribution in [1.82, 2.24) is 5.32 Å². The second-order valence-corrected chi connectivity index (χ2v) is 3.58. The van der Waals surface area contributed by atoms with E-state index in [0.717, 1.165) is 0 Å². The first-order chi connectivity index (χ1) is 6.15. The minimum Gasteiger partial charge on any atom is -0.480 e. The molecule has 0 heterocycles. The Labute approximate surface area is 80.3 Å². The molecule has 0 aliphatic heterocycles. The van der Waals surface area contributed by atoms with Crippen molar-refractivity contribution in [3.8, 4) is 0 Å². The van der Waals surface area contributed by atoms with Gasteiger partial charge in [-0.2, -0.15) is 13.2 Å². The minimum absolute atomic E-state index is 0.0405. The molecule has 0 rings (SSSR count). The largest absolute Gasteiger partial charge is 0.480 e. The van der Waals surface area contributed by atoms with Crippen molar-refractivity contribution in [2.75, 3.05) is 6.54 Å². The number of carboxylic acid groups (broad SMARTS) is 1. The number of alkyl halides is 3. The highest BCUT2D eigenvalue weighted by Crippen LogP contribution is 2.20. The third-order valence-corrected chi connectivity index (χ3v) is 1.74. The predicted molar refractivity (Wildman–Crippen MR) is 45.0 cm³/mol. The summed E-state index contributed by atoms with van der Waals surface area (Å²) in [5.74, 6) is -1.08. The molecule has 0 saturated heterocycles. The van der Waals surface area contributed by atoms with E-state index >= 15 is 0 Å². The molecule has 0 saturated carbocycles. The molecule has 6 heteroatoms. The maximum atomic E-state index is 11.7. The van der Waals surface area contributed by atoms with Crippen LogP contribution >= 0.6 is 0 Å². The molecule has 0 aromatic heterocycles. The van der Waals surface area contributed by atoms with E-state index in [0.29, 0.717) is 0 Å². The molecule has 0 unspecified atom stereocenters.